The molecule has 0 aliphatic rings. The van der Waals surface area contributed by atoms with Crippen molar-refractivity contribution in [2.45, 2.75) is 19.9 Å². The van der Waals surface area contributed by atoms with Gasteiger partial charge in [-0.25, -0.2) is 0 Å². The summed E-state index contributed by atoms with van der Waals surface area (Å²) in [7, 11) is 0. The standard InChI is InChI=1S/C13H13ClN2O/c1-2-13(17)11-7-15-16(9-11)8-10-5-3-4-6-12(10)14/h3-7,9H,2,8H2,1H3. The van der Waals surface area contributed by atoms with Crippen molar-refractivity contribution in [3.05, 3.63) is 52.8 Å². The number of Topliss-reactive ketones (excluding diaryl/α,β-unsaturated/α-hetero) is 1. The maximum absolute atomic E-state index is 11.5. The fraction of sp³-hybridized carbons (Fsp3) is 0.231. The van der Waals surface area contributed by atoms with Crippen LogP contribution in [0.4, 0.5) is 0 Å². The summed E-state index contributed by atoms with van der Waals surface area (Å²) in [4.78, 5) is 11.5. The topological polar surface area (TPSA) is 34.9 Å². The normalized spacial score (nSPS) is 10.5. The average Bonchev–Trinajstić information content (AvgIpc) is 2.80. The minimum absolute atomic E-state index is 0.107. The third kappa shape index (κ3) is 2.74. The maximum atomic E-state index is 11.5. The Morgan fingerprint density at radius 1 is 1.41 bits per heavy atom. The SMILES string of the molecule is CCC(=O)c1cnn(Cc2ccccc2Cl)c1. The third-order valence-corrected chi connectivity index (χ3v) is 2.94. The van der Waals surface area contributed by atoms with Gasteiger partial charge in [0.1, 0.15) is 0 Å². The average molecular weight is 249 g/mol. The fourth-order valence-corrected chi connectivity index (χ4v) is 1.79. The summed E-state index contributed by atoms with van der Waals surface area (Å²) in [6, 6.07) is 7.62. The second-order valence-corrected chi connectivity index (χ2v) is 4.20. The van der Waals surface area contributed by atoms with Gasteiger partial charge in [-0.15, -0.1) is 0 Å². The van der Waals surface area contributed by atoms with Gasteiger partial charge in [0.05, 0.1) is 18.3 Å². The van der Waals surface area contributed by atoms with Crippen molar-refractivity contribution in [1.82, 2.24) is 9.78 Å². The number of aromatic nitrogens is 2. The molecule has 0 N–H and O–H groups in total. The van der Waals surface area contributed by atoms with Gasteiger partial charge in [-0.3, -0.25) is 9.48 Å². The third-order valence-electron chi connectivity index (χ3n) is 2.57. The monoisotopic (exact) mass is 248 g/mol. The van der Waals surface area contributed by atoms with Crippen LogP contribution in [0.3, 0.4) is 0 Å². The van der Waals surface area contributed by atoms with Gasteiger partial charge in [0.2, 0.25) is 0 Å². The first-order valence-corrected chi connectivity index (χ1v) is 5.87. The molecule has 2 rings (SSSR count). The highest BCUT2D eigenvalue weighted by molar-refractivity contribution is 6.31. The van der Waals surface area contributed by atoms with Crippen molar-refractivity contribution in [3.8, 4) is 0 Å². The van der Waals surface area contributed by atoms with E-state index in [4.69, 9.17) is 11.6 Å². The first-order chi connectivity index (χ1) is 8.20. The lowest BCUT2D eigenvalue weighted by molar-refractivity contribution is 0.0988. The maximum Gasteiger partial charge on any atom is 0.165 e. The molecule has 0 saturated carbocycles. The second kappa shape index (κ2) is 5.15. The number of benzene rings is 1. The largest absolute Gasteiger partial charge is 0.294 e. The van der Waals surface area contributed by atoms with E-state index in [9.17, 15) is 4.79 Å². The zero-order valence-corrected chi connectivity index (χ0v) is 10.3. The van der Waals surface area contributed by atoms with E-state index in [1.807, 2.05) is 31.2 Å². The molecular weight excluding hydrogens is 236 g/mol. The number of hydrogen-bond donors (Lipinski definition) is 0. The smallest absolute Gasteiger partial charge is 0.165 e. The minimum atomic E-state index is 0.107. The van der Waals surface area contributed by atoms with Gasteiger partial charge >= 0.3 is 0 Å². The highest BCUT2D eigenvalue weighted by atomic mass is 35.5. The Morgan fingerprint density at radius 2 is 2.18 bits per heavy atom. The predicted octanol–water partition coefficient (Wildman–Crippen LogP) is 3.18. The number of rotatable bonds is 4. The molecule has 17 heavy (non-hydrogen) atoms. The van der Waals surface area contributed by atoms with E-state index in [1.165, 1.54) is 0 Å². The Morgan fingerprint density at radius 3 is 2.88 bits per heavy atom. The lowest BCUT2D eigenvalue weighted by Crippen LogP contribution is -2.01. The Labute approximate surface area is 105 Å². The molecule has 4 heteroatoms. The van der Waals surface area contributed by atoms with Crippen molar-refractivity contribution in [2.24, 2.45) is 0 Å². The van der Waals surface area contributed by atoms with Crippen LogP contribution < -0.4 is 0 Å². The van der Waals surface area contributed by atoms with E-state index in [1.54, 1.807) is 17.1 Å². The lowest BCUT2D eigenvalue weighted by Gasteiger charge is -2.03. The number of nitrogens with zero attached hydrogens (tertiary/aromatic N) is 2. The molecule has 0 fully saturated rings. The number of carbonyl (C=O) groups is 1. The van der Waals surface area contributed by atoms with Gasteiger partial charge in [-0.2, -0.15) is 5.10 Å². The summed E-state index contributed by atoms with van der Waals surface area (Å²) in [6.07, 6.45) is 3.86. The molecule has 0 saturated heterocycles. The molecule has 0 spiro atoms. The van der Waals surface area contributed by atoms with Crippen molar-refractivity contribution < 1.29 is 4.79 Å². The first kappa shape index (κ1) is 11.9. The van der Waals surface area contributed by atoms with Crippen molar-refractivity contribution in [3.63, 3.8) is 0 Å². The molecule has 0 bridgehead atoms. The van der Waals surface area contributed by atoms with E-state index >= 15 is 0 Å². The summed E-state index contributed by atoms with van der Waals surface area (Å²) < 4.78 is 1.73. The van der Waals surface area contributed by atoms with Crippen LogP contribution in [0.15, 0.2) is 36.7 Å². The van der Waals surface area contributed by atoms with Gasteiger partial charge in [0, 0.05) is 17.6 Å². The molecule has 0 amide bonds. The molecule has 1 heterocycles. The van der Waals surface area contributed by atoms with Crippen LogP contribution in [0.2, 0.25) is 5.02 Å². The Balaban J connectivity index is 2.17. The molecule has 88 valence electrons. The zero-order chi connectivity index (χ0) is 12.3. The Hall–Kier alpha value is -1.61. The van der Waals surface area contributed by atoms with E-state index in [0.29, 0.717) is 23.6 Å². The molecule has 1 aromatic heterocycles. The Kier molecular flexibility index (Phi) is 3.59. The van der Waals surface area contributed by atoms with E-state index in [0.717, 1.165) is 5.56 Å². The van der Waals surface area contributed by atoms with Crippen molar-refractivity contribution >= 4 is 17.4 Å². The van der Waals surface area contributed by atoms with E-state index < -0.39 is 0 Å². The van der Waals surface area contributed by atoms with Gasteiger partial charge in [-0.05, 0) is 11.6 Å². The second-order valence-electron chi connectivity index (χ2n) is 3.79. The number of carbonyl (C=O) groups excluding carboxylic acids is 1. The van der Waals surface area contributed by atoms with Crippen LogP contribution in [-0.4, -0.2) is 15.6 Å². The zero-order valence-electron chi connectivity index (χ0n) is 9.56. The van der Waals surface area contributed by atoms with Gasteiger partial charge in [-0.1, -0.05) is 36.7 Å². The molecule has 0 unspecified atom stereocenters. The van der Waals surface area contributed by atoms with Crippen LogP contribution in [0.25, 0.3) is 0 Å². The lowest BCUT2D eigenvalue weighted by atomic mass is 10.2. The van der Waals surface area contributed by atoms with Gasteiger partial charge < -0.3 is 0 Å². The quantitative estimate of drug-likeness (QED) is 0.779. The van der Waals surface area contributed by atoms with Crippen LogP contribution >= 0.6 is 11.6 Å². The Bertz CT molecular complexity index is 534. The molecule has 1 aromatic carbocycles. The molecule has 0 aliphatic carbocycles. The molecule has 0 radical (unpaired) electrons. The molecule has 0 atom stereocenters. The fourth-order valence-electron chi connectivity index (χ4n) is 1.60. The number of halogens is 1. The van der Waals surface area contributed by atoms with E-state index in [2.05, 4.69) is 5.10 Å². The number of ketones is 1. The molecule has 0 aliphatic heterocycles. The van der Waals surface area contributed by atoms with Crippen LogP contribution in [0.5, 0.6) is 0 Å². The summed E-state index contributed by atoms with van der Waals surface area (Å²) in [5.74, 6) is 0.107. The molecular formula is C13H13ClN2O. The van der Waals surface area contributed by atoms with Crippen LogP contribution in [0, 0.1) is 0 Å². The van der Waals surface area contributed by atoms with Crippen molar-refractivity contribution in [1.29, 1.82) is 0 Å². The van der Waals surface area contributed by atoms with Crippen molar-refractivity contribution in [2.75, 3.05) is 0 Å². The van der Waals surface area contributed by atoms with Crippen LogP contribution in [-0.2, 0) is 6.54 Å². The summed E-state index contributed by atoms with van der Waals surface area (Å²) >= 11 is 6.06. The molecule has 2 aromatic rings. The summed E-state index contributed by atoms with van der Waals surface area (Å²) in [6.45, 7) is 2.42. The van der Waals surface area contributed by atoms with Gasteiger partial charge in [0.15, 0.2) is 5.78 Å². The van der Waals surface area contributed by atoms with Gasteiger partial charge in [0.25, 0.3) is 0 Å². The molecule has 3 nitrogen and oxygen atoms in total. The highest BCUT2D eigenvalue weighted by Gasteiger charge is 2.07. The highest BCUT2D eigenvalue weighted by Crippen LogP contribution is 2.16. The number of hydrogen-bond acceptors (Lipinski definition) is 2. The summed E-state index contributed by atoms with van der Waals surface area (Å²) in [5, 5.41) is 4.87. The van der Waals surface area contributed by atoms with E-state index in [-0.39, 0.29) is 5.78 Å². The minimum Gasteiger partial charge on any atom is -0.294 e. The summed E-state index contributed by atoms with van der Waals surface area (Å²) in [5.41, 5.74) is 1.65. The predicted molar refractivity (Wildman–Crippen MR) is 67.4 cm³/mol. The first-order valence-electron chi connectivity index (χ1n) is 5.49. The van der Waals surface area contributed by atoms with Crippen LogP contribution in [0.1, 0.15) is 29.3 Å².